The predicted octanol–water partition coefficient (Wildman–Crippen LogP) is 3.95. The zero-order chi connectivity index (χ0) is 18.9. The minimum atomic E-state index is -0.571. The van der Waals surface area contributed by atoms with Gasteiger partial charge in [0, 0.05) is 12.0 Å². The van der Waals surface area contributed by atoms with Crippen molar-refractivity contribution in [1.82, 2.24) is 4.90 Å². The van der Waals surface area contributed by atoms with Crippen LogP contribution in [-0.2, 0) is 20.9 Å². The first-order valence-electron chi connectivity index (χ1n) is 9.43. The van der Waals surface area contributed by atoms with E-state index < -0.39 is 11.6 Å². The van der Waals surface area contributed by atoms with Gasteiger partial charge < -0.3 is 9.47 Å². The third-order valence-corrected chi connectivity index (χ3v) is 5.24. The molecule has 4 rings (SSSR count). The van der Waals surface area contributed by atoms with Crippen LogP contribution in [0, 0.1) is 5.92 Å². The van der Waals surface area contributed by atoms with Gasteiger partial charge >= 0.3 is 6.09 Å². The smallest absolute Gasteiger partial charge is 0.411 e. The first-order valence-corrected chi connectivity index (χ1v) is 9.43. The van der Waals surface area contributed by atoms with E-state index in [1.807, 2.05) is 51.1 Å². The van der Waals surface area contributed by atoms with Gasteiger partial charge in [0.25, 0.3) is 0 Å². The van der Waals surface area contributed by atoms with E-state index in [-0.39, 0.29) is 29.9 Å². The molecule has 5 heteroatoms. The summed E-state index contributed by atoms with van der Waals surface area (Å²) in [6.07, 6.45) is 2.20. The number of benzene rings is 1. The molecule has 0 unspecified atom stereocenters. The predicted molar refractivity (Wildman–Crippen MR) is 98.7 cm³/mol. The fraction of sp³-hybridized carbons (Fsp3) is 0.619. The summed E-state index contributed by atoms with van der Waals surface area (Å²) in [5.74, 6) is 0.0484. The molecule has 1 aliphatic carbocycles. The van der Waals surface area contributed by atoms with Crippen LogP contribution in [0.4, 0.5) is 4.79 Å². The summed E-state index contributed by atoms with van der Waals surface area (Å²) in [6.45, 7) is 7.65. The molecule has 2 saturated heterocycles. The number of rotatable bonds is 4. The maximum Gasteiger partial charge on any atom is 0.411 e. The van der Waals surface area contributed by atoms with E-state index in [1.165, 1.54) is 0 Å². The Morgan fingerprint density at radius 3 is 2.46 bits per heavy atom. The van der Waals surface area contributed by atoms with Crippen molar-refractivity contribution in [2.75, 3.05) is 0 Å². The molecule has 1 aromatic rings. The number of hydrogen-bond acceptors (Lipinski definition) is 4. The van der Waals surface area contributed by atoms with Crippen LogP contribution in [0.2, 0.25) is 0 Å². The summed E-state index contributed by atoms with van der Waals surface area (Å²) in [7, 11) is 0. The van der Waals surface area contributed by atoms with Gasteiger partial charge in [-0.3, -0.25) is 9.69 Å². The van der Waals surface area contributed by atoms with Crippen molar-refractivity contribution in [2.24, 2.45) is 5.92 Å². The van der Waals surface area contributed by atoms with Gasteiger partial charge in [0.1, 0.15) is 5.60 Å². The van der Waals surface area contributed by atoms with Gasteiger partial charge in [-0.05, 0) is 52.5 Å². The van der Waals surface area contributed by atoms with Gasteiger partial charge in [0.05, 0.1) is 18.8 Å². The standard InChI is InChI=1S/C21H29NO4/c1-14(23)19-17-11-10-16(22(19)20(24)26-21(2,3)4)12-18(17)25-13-15-8-6-5-7-9-15/h5-9,16-19H,10-13H2,1-4H3/t16-,17+,18+,19+/m0/s1. The Morgan fingerprint density at radius 2 is 1.85 bits per heavy atom. The fourth-order valence-corrected chi connectivity index (χ4v) is 4.22. The number of ketones is 1. The molecule has 3 aliphatic rings. The number of hydrogen-bond donors (Lipinski definition) is 0. The summed E-state index contributed by atoms with van der Waals surface area (Å²) in [6, 6.07) is 9.61. The molecule has 4 atom stereocenters. The topological polar surface area (TPSA) is 55.8 Å². The van der Waals surface area contributed by atoms with Gasteiger partial charge in [0.15, 0.2) is 5.78 Å². The van der Waals surface area contributed by atoms with Crippen LogP contribution >= 0.6 is 0 Å². The van der Waals surface area contributed by atoms with E-state index >= 15 is 0 Å². The first kappa shape index (κ1) is 18.9. The van der Waals surface area contributed by atoms with Crippen molar-refractivity contribution < 1.29 is 19.1 Å². The van der Waals surface area contributed by atoms with E-state index in [0.29, 0.717) is 6.61 Å². The lowest BCUT2D eigenvalue weighted by atomic mass is 9.71. The third-order valence-electron chi connectivity index (χ3n) is 5.24. The molecule has 1 saturated carbocycles. The van der Waals surface area contributed by atoms with E-state index in [2.05, 4.69) is 0 Å². The van der Waals surface area contributed by atoms with Crippen LogP contribution < -0.4 is 0 Å². The molecule has 2 bridgehead atoms. The Morgan fingerprint density at radius 1 is 1.15 bits per heavy atom. The lowest BCUT2D eigenvalue weighted by molar-refractivity contribution is -0.147. The summed E-state index contributed by atoms with van der Waals surface area (Å²) in [5, 5.41) is 0. The summed E-state index contributed by atoms with van der Waals surface area (Å²) in [5.41, 5.74) is 0.551. The third kappa shape index (κ3) is 4.09. The van der Waals surface area contributed by atoms with Crippen LogP contribution in [0.1, 0.15) is 52.5 Å². The van der Waals surface area contributed by atoms with Crippen LogP contribution in [0.25, 0.3) is 0 Å². The van der Waals surface area contributed by atoms with Crippen molar-refractivity contribution in [3.05, 3.63) is 35.9 Å². The highest BCUT2D eigenvalue weighted by atomic mass is 16.6. The van der Waals surface area contributed by atoms with Gasteiger partial charge in [-0.2, -0.15) is 0 Å². The maximum absolute atomic E-state index is 12.7. The van der Waals surface area contributed by atoms with Crippen LogP contribution in [-0.4, -0.2) is 40.6 Å². The molecule has 2 heterocycles. The van der Waals surface area contributed by atoms with E-state index in [1.54, 1.807) is 11.8 Å². The molecule has 0 spiro atoms. The van der Waals surface area contributed by atoms with Crippen molar-refractivity contribution >= 4 is 11.9 Å². The molecule has 1 aromatic carbocycles. The second-order valence-electron chi connectivity index (χ2n) is 8.41. The Bertz CT molecular complexity index is 652. The molecule has 0 radical (unpaired) electrons. The van der Waals surface area contributed by atoms with Crippen molar-refractivity contribution in [3.63, 3.8) is 0 Å². The van der Waals surface area contributed by atoms with Gasteiger partial charge in [-0.15, -0.1) is 0 Å². The number of ether oxygens (including phenoxy) is 2. The highest BCUT2D eigenvalue weighted by molar-refractivity contribution is 5.86. The Balaban J connectivity index is 1.73. The average molecular weight is 359 g/mol. The van der Waals surface area contributed by atoms with E-state index in [9.17, 15) is 9.59 Å². The second-order valence-corrected chi connectivity index (χ2v) is 8.41. The van der Waals surface area contributed by atoms with Gasteiger partial charge in [0.2, 0.25) is 0 Å². The molecule has 142 valence electrons. The summed E-state index contributed by atoms with van der Waals surface area (Å²) >= 11 is 0. The highest BCUT2D eigenvalue weighted by Gasteiger charge is 2.52. The second kappa shape index (κ2) is 7.39. The number of amides is 1. The van der Waals surface area contributed by atoms with Crippen LogP contribution in [0.5, 0.6) is 0 Å². The van der Waals surface area contributed by atoms with Gasteiger partial charge in [-0.1, -0.05) is 30.3 Å². The Labute approximate surface area is 155 Å². The normalized spacial score (nSPS) is 28.1. The van der Waals surface area contributed by atoms with Gasteiger partial charge in [-0.25, -0.2) is 4.79 Å². The van der Waals surface area contributed by atoms with Crippen LogP contribution in [0.3, 0.4) is 0 Å². The Hall–Kier alpha value is -1.88. The largest absolute Gasteiger partial charge is 0.444 e. The molecule has 0 aromatic heterocycles. The van der Waals surface area contributed by atoms with E-state index in [0.717, 1.165) is 24.8 Å². The number of carbonyl (C=O) groups excluding carboxylic acids is 2. The quantitative estimate of drug-likeness (QED) is 0.817. The molecule has 2 aliphatic heterocycles. The maximum atomic E-state index is 12.7. The lowest BCUT2D eigenvalue weighted by Crippen LogP contribution is -2.65. The van der Waals surface area contributed by atoms with Crippen molar-refractivity contribution in [1.29, 1.82) is 0 Å². The zero-order valence-corrected chi connectivity index (χ0v) is 16.1. The molecular weight excluding hydrogens is 330 g/mol. The fourth-order valence-electron chi connectivity index (χ4n) is 4.22. The molecule has 5 nitrogen and oxygen atoms in total. The summed E-state index contributed by atoms with van der Waals surface area (Å²) in [4.78, 5) is 26.8. The number of Topliss-reactive ketones (excluding diaryl/α,β-unsaturated/α-hetero) is 1. The molecule has 26 heavy (non-hydrogen) atoms. The number of nitrogens with zero attached hydrogens (tertiary/aromatic N) is 1. The molecule has 3 fully saturated rings. The first-order chi connectivity index (χ1) is 12.3. The van der Waals surface area contributed by atoms with Crippen molar-refractivity contribution in [2.45, 2.75) is 77.4 Å². The lowest BCUT2D eigenvalue weighted by Gasteiger charge is -2.53. The Kier molecular flexibility index (Phi) is 5.37. The molecular formula is C21H29NO4. The molecule has 1 amide bonds. The average Bonchev–Trinajstić information content (AvgIpc) is 2.59. The van der Waals surface area contributed by atoms with Crippen molar-refractivity contribution in [3.8, 4) is 0 Å². The SMILES string of the molecule is CC(=O)[C@@H]1[C@@H]2CC[C@@H](C[C@H]2OCc2ccccc2)N1C(=O)OC(C)(C)C. The molecule has 0 N–H and O–H groups in total. The minimum Gasteiger partial charge on any atom is -0.444 e. The number of piperidine rings is 2. The number of carbonyl (C=O) groups is 2. The zero-order valence-electron chi connectivity index (χ0n) is 16.1. The number of fused-ring (bicyclic) bond motifs is 3. The van der Waals surface area contributed by atoms with E-state index in [4.69, 9.17) is 9.47 Å². The highest BCUT2D eigenvalue weighted by Crippen LogP contribution is 2.42. The summed E-state index contributed by atoms with van der Waals surface area (Å²) < 4.78 is 11.8. The monoisotopic (exact) mass is 359 g/mol. The van der Waals surface area contributed by atoms with Crippen LogP contribution in [0.15, 0.2) is 30.3 Å². The minimum absolute atomic E-state index is 0.00143.